The average Bonchev–Trinajstić information content (AvgIpc) is 2.36. The summed E-state index contributed by atoms with van der Waals surface area (Å²) in [4.78, 5) is 13.6. The number of ether oxygens (including phenoxy) is 2. The van der Waals surface area contributed by atoms with Crippen molar-refractivity contribution in [3.63, 3.8) is 0 Å². The van der Waals surface area contributed by atoms with E-state index in [9.17, 15) is 9.18 Å². The number of likely N-dealkylation sites (N-methyl/N-ethyl adjacent to an activating group) is 1. The minimum atomic E-state index is -0.415. The number of carbonyl (C=O) groups excluding carboxylic acids is 1. The van der Waals surface area contributed by atoms with Crippen LogP contribution in [0.15, 0.2) is 18.2 Å². The van der Waals surface area contributed by atoms with E-state index >= 15 is 0 Å². The van der Waals surface area contributed by atoms with E-state index in [2.05, 4.69) is 4.90 Å². The van der Waals surface area contributed by atoms with E-state index in [-0.39, 0.29) is 17.6 Å². The predicted molar refractivity (Wildman–Crippen MR) is 69.1 cm³/mol. The van der Waals surface area contributed by atoms with E-state index in [1.54, 1.807) is 0 Å². The molecule has 104 valence electrons. The fourth-order valence-corrected chi connectivity index (χ4v) is 2.06. The maximum Gasteiger partial charge on any atom is 0.163 e. The van der Waals surface area contributed by atoms with Crippen molar-refractivity contribution in [3.05, 3.63) is 29.6 Å². The summed E-state index contributed by atoms with van der Waals surface area (Å²) in [6, 6.07) is 3.94. The Bertz CT molecular complexity index is 464. The summed E-state index contributed by atoms with van der Waals surface area (Å²) in [5, 5.41) is 0. The molecular formula is C14H18FNO3. The molecule has 2 rings (SSSR count). The van der Waals surface area contributed by atoms with Gasteiger partial charge in [0.05, 0.1) is 12.2 Å². The van der Waals surface area contributed by atoms with Crippen LogP contribution in [0.2, 0.25) is 0 Å². The van der Waals surface area contributed by atoms with Crippen LogP contribution >= 0.6 is 0 Å². The first-order valence-corrected chi connectivity index (χ1v) is 6.29. The van der Waals surface area contributed by atoms with Gasteiger partial charge in [0.2, 0.25) is 0 Å². The Labute approximate surface area is 112 Å². The Morgan fingerprint density at radius 2 is 2.37 bits per heavy atom. The normalized spacial score (nSPS) is 20.3. The molecule has 0 radical (unpaired) electrons. The van der Waals surface area contributed by atoms with Gasteiger partial charge in [-0.05, 0) is 26.1 Å². The maximum atomic E-state index is 13.2. The molecule has 1 aliphatic rings. The van der Waals surface area contributed by atoms with Gasteiger partial charge in [0.15, 0.2) is 5.78 Å². The van der Waals surface area contributed by atoms with Crippen molar-refractivity contribution in [1.82, 2.24) is 4.90 Å². The molecule has 4 nitrogen and oxygen atoms in total. The van der Waals surface area contributed by atoms with Gasteiger partial charge in [-0.15, -0.1) is 0 Å². The highest BCUT2D eigenvalue weighted by molar-refractivity contribution is 5.96. The second-order valence-electron chi connectivity index (χ2n) is 4.76. The number of benzene rings is 1. The number of rotatable bonds is 4. The first-order valence-electron chi connectivity index (χ1n) is 6.29. The molecule has 0 N–H and O–H groups in total. The van der Waals surface area contributed by atoms with Crippen molar-refractivity contribution in [1.29, 1.82) is 0 Å². The fourth-order valence-electron chi connectivity index (χ4n) is 2.06. The molecule has 19 heavy (non-hydrogen) atoms. The lowest BCUT2D eigenvalue weighted by Gasteiger charge is -2.30. The zero-order valence-corrected chi connectivity index (χ0v) is 11.2. The molecular weight excluding hydrogens is 249 g/mol. The van der Waals surface area contributed by atoms with Gasteiger partial charge >= 0.3 is 0 Å². The summed E-state index contributed by atoms with van der Waals surface area (Å²) in [5.41, 5.74) is 0.394. The summed E-state index contributed by atoms with van der Waals surface area (Å²) in [6.07, 6.45) is -0.0539. The smallest absolute Gasteiger partial charge is 0.163 e. The minimum Gasteiger partial charge on any atom is -0.490 e. The quantitative estimate of drug-likeness (QED) is 0.779. The summed E-state index contributed by atoms with van der Waals surface area (Å²) >= 11 is 0. The first-order chi connectivity index (χ1) is 9.06. The van der Waals surface area contributed by atoms with Crippen molar-refractivity contribution in [2.75, 3.05) is 33.4 Å². The Balaban J connectivity index is 2.02. The van der Waals surface area contributed by atoms with E-state index in [4.69, 9.17) is 9.47 Å². The van der Waals surface area contributed by atoms with Gasteiger partial charge in [-0.3, -0.25) is 4.79 Å². The number of hydrogen-bond donors (Lipinski definition) is 0. The number of Topliss-reactive ketones (excluding diaryl/α,β-unsaturated/α-hetero) is 1. The number of morpholine rings is 1. The van der Waals surface area contributed by atoms with Gasteiger partial charge in [-0.1, -0.05) is 0 Å². The molecule has 5 heteroatoms. The third-order valence-corrected chi connectivity index (χ3v) is 3.09. The number of carbonyl (C=O) groups is 1. The van der Waals surface area contributed by atoms with Gasteiger partial charge in [-0.25, -0.2) is 4.39 Å². The standard InChI is InChI=1S/C14H18FNO3/c1-10(17)13-4-3-11(15)7-14(13)19-9-12-8-16(2)5-6-18-12/h3-4,7,12H,5-6,8-9H2,1-2H3. The number of ketones is 1. The Kier molecular flexibility index (Phi) is 4.50. The van der Waals surface area contributed by atoms with Crippen LogP contribution in [0.4, 0.5) is 4.39 Å². The predicted octanol–water partition coefficient (Wildman–Crippen LogP) is 1.74. The van der Waals surface area contributed by atoms with Crippen LogP contribution in [0, 0.1) is 5.82 Å². The molecule has 1 fully saturated rings. The van der Waals surface area contributed by atoms with Crippen LogP contribution in [0.1, 0.15) is 17.3 Å². The molecule has 0 saturated carbocycles. The van der Waals surface area contributed by atoms with Crippen molar-refractivity contribution < 1.29 is 18.7 Å². The van der Waals surface area contributed by atoms with Crippen LogP contribution in [0.3, 0.4) is 0 Å². The summed E-state index contributed by atoms with van der Waals surface area (Å²) in [5.74, 6) is -0.275. The number of hydrogen-bond acceptors (Lipinski definition) is 4. The third kappa shape index (κ3) is 3.75. The molecule has 0 aliphatic carbocycles. The molecule has 1 aliphatic heterocycles. The topological polar surface area (TPSA) is 38.8 Å². The van der Waals surface area contributed by atoms with Crippen LogP contribution < -0.4 is 4.74 Å². The van der Waals surface area contributed by atoms with Gasteiger partial charge in [0.1, 0.15) is 24.3 Å². The summed E-state index contributed by atoms with van der Waals surface area (Å²) in [7, 11) is 2.01. The van der Waals surface area contributed by atoms with E-state index < -0.39 is 5.82 Å². The third-order valence-electron chi connectivity index (χ3n) is 3.09. The molecule has 0 amide bonds. The molecule has 1 saturated heterocycles. The molecule has 1 aromatic carbocycles. The molecule has 0 bridgehead atoms. The second kappa shape index (κ2) is 6.12. The minimum absolute atomic E-state index is 0.0539. The van der Waals surface area contributed by atoms with E-state index in [0.717, 1.165) is 13.1 Å². The van der Waals surface area contributed by atoms with E-state index in [1.807, 2.05) is 7.05 Å². The van der Waals surface area contributed by atoms with E-state index in [0.29, 0.717) is 18.8 Å². The second-order valence-corrected chi connectivity index (χ2v) is 4.76. The summed E-state index contributed by atoms with van der Waals surface area (Å²) < 4.78 is 24.3. The fraction of sp³-hybridized carbons (Fsp3) is 0.500. The monoisotopic (exact) mass is 267 g/mol. The molecule has 1 heterocycles. The highest BCUT2D eigenvalue weighted by Crippen LogP contribution is 2.21. The van der Waals surface area contributed by atoms with Crippen molar-refractivity contribution in [2.24, 2.45) is 0 Å². The molecule has 0 aromatic heterocycles. The van der Waals surface area contributed by atoms with E-state index in [1.165, 1.54) is 25.1 Å². The molecule has 1 unspecified atom stereocenters. The van der Waals surface area contributed by atoms with Gasteiger partial charge in [0.25, 0.3) is 0 Å². The Morgan fingerprint density at radius 1 is 1.58 bits per heavy atom. The first kappa shape index (κ1) is 14.0. The Morgan fingerprint density at radius 3 is 3.05 bits per heavy atom. The van der Waals surface area contributed by atoms with Crippen LogP contribution in [0.25, 0.3) is 0 Å². The van der Waals surface area contributed by atoms with Gasteiger partial charge < -0.3 is 14.4 Å². The lowest BCUT2D eigenvalue weighted by molar-refractivity contribution is -0.0404. The van der Waals surface area contributed by atoms with Crippen LogP contribution in [-0.4, -0.2) is 50.1 Å². The summed E-state index contributed by atoms with van der Waals surface area (Å²) in [6.45, 7) is 4.08. The lowest BCUT2D eigenvalue weighted by Crippen LogP contribution is -2.42. The highest BCUT2D eigenvalue weighted by atomic mass is 19.1. The Hall–Kier alpha value is -1.46. The number of nitrogens with zero attached hydrogens (tertiary/aromatic N) is 1. The largest absolute Gasteiger partial charge is 0.490 e. The zero-order chi connectivity index (χ0) is 13.8. The van der Waals surface area contributed by atoms with Crippen molar-refractivity contribution in [2.45, 2.75) is 13.0 Å². The maximum absolute atomic E-state index is 13.2. The zero-order valence-electron chi connectivity index (χ0n) is 11.2. The van der Waals surface area contributed by atoms with Crippen molar-refractivity contribution in [3.8, 4) is 5.75 Å². The molecule has 1 aromatic rings. The average molecular weight is 267 g/mol. The molecule has 0 spiro atoms. The van der Waals surface area contributed by atoms with Crippen LogP contribution in [-0.2, 0) is 4.74 Å². The number of halogens is 1. The highest BCUT2D eigenvalue weighted by Gasteiger charge is 2.19. The van der Waals surface area contributed by atoms with Gasteiger partial charge in [0, 0.05) is 19.2 Å². The van der Waals surface area contributed by atoms with Gasteiger partial charge in [-0.2, -0.15) is 0 Å². The van der Waals surface area contributed by atoms with Crippen LogP contribution in [0.5, 0.6) is 5.75 Å². The SMILES string of the molecule is CC(=O)c1ccc(F)cc1OCC1CN(C)CCO1. The molecule has 1 atom stereocenters. The van der Waals surface area contributed by atoms with Crippen molar-refractivity contribution >= 4 is 5.78 Å². The lowest BCUT2D eigenvalue weighted by atomic mass is 10.1.